The van der Waals surface area contributed by atoms with Crippen LogP contribution in [0.1, 0.15) is 33.1 Å². The summed E-state index contributed by atoms with van der Waals surface area (Å²) in [6, 6.07) is 5.79. The molecule has 4 N–H and O–H groups in total. The number of para-hydroxylation sites is 1. The van der Waals surface area contributed by atoms with Crippen molar-refractivity contribution in [2.45, 2.75) is 33.1 Å². The second kappa shape index (κ2) is 8.64. The van der Waals surface area contributed by atoms with Gasteiger partial charge >= 0.3 is 0 Å². The Labute approximate surface area is 116 Å². The van der Waals surface area contributed by atoms with Crippen LogP contribution in [-0.4, -0.2) is 24.9 Å². The standard InChI is InChI=1S/C15H26N2O2/c1-3-10-19-14-7-5-6-13(15(14)16)17-11-12(4-2)8-9-18/h5-7,12,17-18H,3-4,8-11,16H2,1-2H3. The molecule has 1 atom stereocenters. The van der Waals surface area contributed by atoms with Crippen molar-refractivity contribution in [2.24, 2.45) is 5.92 Å². The van der Waals surface area contributed by atoms with Crippen molar-refractivity contribution in [3.8, 4) is 5.75 Å². The number of nitrogens with two attached hydrogens (primary N) is 1. The monoisotopic (exact) mass is 266 g/mol. The number of nitrogen functional groups attached to an aromatic ring is 1. The summed E-state index contributed by atoms with van der Waals surface area (Å²) >= 11 is 0. The normalized spacial score (nSPS) is 12.2. The van der Waals surface area contributed by atoms with E-state index < -0.39 is 0 Å². The van der Waals surface area contributed by atoms with Crippen LogP contribution in [0.3, 0.4) is 0 Å². The van der Waals surface area contributed by atoms with Gasteiger partial charge in [0.2, 0.25) is 0 Å². The summed E-state index contributed by atoms with van der Waals surface area (Å²) in [6.45, 7) is 5.93. The summed E-state index contributed by atoms with van der Waals surface area (Å²) in [4.78, 5) is 0. The number of aliphatic hydroxyl groups is 1. The molecule has 0 saturated heterocycles. The molecule has 0 aromatic heterocycles. The van der Waals surface area contributed by atoms with Gasteiger partial charge in [0, 0.05) is 13.2 Å². The van der Waals surface area contributed by atoms with Crippen LogP contribution >= 0.6 is 0 Å². The van der Waals surface area contributed by atoms with Crippen LogP contribution in [0.25, 0.3) is 0 Å². The van der Waals surface area contributed by atoms with Gasteiger partial charge in [-0.15, -0.1) is 0 Å². The molecule has 1 aromatic rings. The van der Waals surface area contributed by atoms with Gasteiger partial charge in [0.1, 0.15) is 5.75 Å². The van der Waals surface area contributed by atoms with Gasteiger partial charge in [-0.25, -0.2) is 0 Å². The molecule has 0 spiro atoms. The molecule has 1 unspecified atom stereocenters. The number of aliphatic hydroxyl groups excluding tert-OH is 1. The van der Waals surface area contributed by atoms with Crippen molar-refractivity contribution in [3.05, 3.63) is 18.2 Å². The predicted molar refractivity (Wildman–Crippen MR) is 80.6 cm³/mol. The van der Waals surface area contributed by atoms with Gasteiger partial charge in [-0.2, -0.15) is 0 Å². The molecule has 0 fully saturated rings. The Bertz CT molecular complexity index is 369. The van der Waals surface area contributed by atoms with Crippen molar-refractivity contribution in [3.63, 3.8) is 0 Å². The number of anilines is 2. The first-order valence-electron chi connectivity index (χ1n) is 7.08. The van der Waals surface area contributed by atoms with Gasteiger partial charge in [-0.1, -0.05) is 26.3 Å². The van der Waals surface area contributed by atoms with E-state index in [1.54, 1.807) is 0 Å². The summed E-state index contributed by atoms with van der Waals surface area (Å²) in [7, 11) is 0. The number of benzene rings is 1. The van der Waals surface area contributed by atoms with Crippen LogP contribution in [0.5, 0.6) is 5.75 Å². The van der Waals surface area contributed by atoms with E-state index in [4.69, 9.17) is 15.6 Å². The lowest BCUT2D eigenvalue weighted by Gasteiger charge is -2.17. The van der Waals surface area contributed by atoms with E-state index in [9.17, 15) is 0 Å². The van der Waals surface area contributed by atoms with Gasteiger partial charge in [-0.3, -0.25) is 0 Å². The largest absolute Gasteiger partial charge is 0.491 e. The highest BCUT2D eigenvalue weighted by Crippen LogP contribution is 2.29. The van der Waals surface area contributed by atoms with Gasteiger partial charge in [0.25, 0.3) is 0 Å². The molecule has 0 amide bonds. The number of nitrogens with one attached hydrogen (secondary N) is 1. The minimum absolute atomic E-state index is 0.231. The molecular weight excluding hydrogens is 240 g/mol. The molecule has 0 aliphatic carbocycles. The Balaban J connectivity index is 2.62. The molecule has 108 valence electrons. The topological polar surface area (TPSA) is 67.5 Å². The third kappa shape index (κ3) is 4.99. The second-order valence-corrected chi connectivity index (χ2v) is 4.73. The van der Waals surface area contributed by atoms with Gasteiger partial charge in [-0.05, 0) is 30.9 Å². The Kier molecular flexibility index (Phi) is 7.11. The van der Waals surface area contributed by atoms with Crippen LogP contribution < -0.4 is 15.8 Å². The van der Waals surface area contributed by atoms with Crippen LogP contribution in [0, 0.1) is 5.92 Å². The zero-order valence-electron chi connectivity index (χ0n) is 12.0. The third-order valence-electron chi connectivity index (χ3n) is 3.22. The molecule has 1 rings (SSSR count). The Morgan fingerprint density at radius 2 is 2.16 bits per heavy atom. The molecular formula is C15H26N2O2. The SMILES string of the molecule is CCCOc1cccc(NCC(CC)CCO)c1N. The predicted octanol–water partition coefficient (Wildman–Crippen LogP) is 2.88. The van der Waals surface area contributed by atoms with Gasteiger partial charge in [0.05, 0.1) is 18.0 Å². The first kappa shape index (κ1) is 15.6. The molecule has 0 aliphatic rings. The van der Waals surface area contributed by atoms with Crippen LogP contribution in [0.2, 0.25) is 0 Å². The lowest BCUT2D eigenvalue weighted by Crippen LogP contribution is -2.16. The lowest BCUT2D eigenvalue weighted by molar-refractivity contribution is 0.258. The minimum Gasteiger partial charge on any atom is -0.491 e. The highest BCUT2D eigenvalue weighted by Gasteiger charge is 2.09. The molecule has 19 heavy (non-hydrogen) atoms. The highest BCUT2D eigenvalue weighted by molar-refractivity contribution is 5.72. The maximum atomic E-state index is 8.99. The fourth-order valence-electron chi connectivity index (χ4n) is 1.92. The first-order chi connectivity index (χ1) is 9.22. The Hall–Kier alpha value is -1.42. The molecule has 0 radical (unpaired) electrons. The van der Waals surface area contributed by atoms with Crippen LogP contribution in [0.4, 0.5) is 11.4 Å². The first-order valence-corrected chi connectivity index (χ1v) is 7.08. The van der Waals surface area contributed by atoms with E-state index in [1.807, 2.05) is 18.2 Å². The molecule has 4 nitrogen and oxygen atoms in total. The quantitative estimate of drug-likeness (QED) is 0.601. The van der Waals surface area contributed by atoms with E-state index in [2.05, 4.69) is 19.2 Å². The van der Waals surface area contributed by atoms with Crippen molar-refractivity contribution in [1.29, 1.82) is 0 Å². The van der Waals surface area contributed by atoms with E-state index >= 15 is 0 Å². The van der Waals surface area contributed by atoms with Crippen molar-refractivity contribution >= 4 is 11.4 Å². The number of ether oxygens (including phenoxy) is 1. The van der Waals surface area contributed by atoms with Crippen LogP contribution in [0.15, 0.2) is 18.2 Å². The molecule has 0 aliphatic heterocycles. The zero-order valence-corrected chi connectivity index (χ0v) is 12.0. The summed E-state index contributed by atoms with van der Waals surface area (Å²) in [5, 5.41) is 12.3. The summed E-state index contributed by atoms with van der Waals surface area (Å²) in [6.07, 6.45) is 2.82. The lowest BCUT2D eigenvalue weighted by atomic mass is 10.0. The molecule has 0 bridgehead atoms. The van der Waals surface area contributed by atoms with Crippen molar-refractivity contribution in [2.75, 3.05) is 30.8 Å². The summed E-state index contributed by atoms with van der Waals surface area (Å²) < 4.78 is 5.60. The smallest absolute Gasteiger partial charge is 0.144 e. The average molecular weight is 266 g/mol. The van der Waals surface area contributed by atoms with Gasteiger partial charge < -0.3 is 20.9 Å². The molecule has 0 heterocycles. The van der Waals surface area contributed by atoms with E-state index in [-0.39, 0.29) is 6.61 Å². The minimum atomic E-state index is 0.231. The Morgan fingerprint density at radius 1 is 1.37 bits per heavy atom. The van der Waals surface area contributed by atoms with Crippen molar-refractivity contribution < 1.29 is 9.84 Å². The van der Waals surface area contributed by atoms with Crippen LogP contribution in [-0.2, 0) is 0 Å². The van der Waals surface area contributed by atoms with E-state index in [0.717, 1.165) is 37.2 Å². The maximum Gasteiger partial charge on any atom is 0.144 e. The Morgan fingerprint density at radius 3 is 2.79 bits per heavy atom. The van der Waals surface area contributed by atoms with Gasteiger partial charge in [0.15, 0.2) is 0 Å². The van der Waals surface area contributed by atoms with E-state index in [0.29, 0.717) is 18.2 Å². The number of hydrogen-bond acceptors (Lipinski definition) is 4. The second-order valence-electron chi connectivity index (χ2n) is 4.73. The van der Waals surface area contributed by atoms with E-state index in [1.165, 1.54) is 0 Å². The fraction of sp³-hybridized carbons (Fsp3) is 0.600. The number of hydrogen-bond donors (Lipinski definition) is 3. The maximum absolute atomic E-state index is 8.99. The van der Waals surface area contributed by atoms with Crippen molar-refractivity contribution in [1.82, 2.24) is 0 Å². The average Bonchev–Trinajstić information content (AvgIpc) is 2.43. The third-order valence-corrected chi connectivity index (χ3v) is 3.22. The summed E-state index contributed by atoms with van der Waals surface area (Å²) in [5.74, 6) is 1.20. The highest BCUT2D eigenvalue weighted by atomic mass is 16.5. The fourth-order valence-corrected chi connectivity index (χ4v) is 1.92. The zero-order chi connectivity index (χ0) is 14.1. The number of rotatable bonds is 9. The molecule has 4 heteroatoms. The summed E-state index contributed by atoms with van der Waals surface area (Å²) in [5.41, 5.74) is 7.66. The molecule has 0 saturated carbocycles. The molecule has 1 aromatic carbocycles.